The highest BCUT2D eigenvalue weighted by molar-refractivity contribution is 5.67. The smallest absolute Gasteiger partial charge is 0.149 e. The molecule has 0 saturated heterocycles. The van der Waals surface area contributed by atoms with Gasteiger partial charge >= 0.3 is 0 Å². The minimum Gasteiger partial charge on any atom is -0.380 e. The predicted molar refractivity (Wildman–Crippen MR) is 112 cm³/mol. The van der Waals surface area contributed by atoms with E-state index in [9.17, 15) is 0 Å². The molecule has 0 saturated carbocycles. The van der Waals surface area contributed by atoms with E-state index in [1.54, 1.807) is 0 Å². The van der Waals surface area contributed by atoms with E-state index in [0.717, 1.165) is 31.0 Å². The summed E-state index contributed by atoms with van der Waals surface area (Å²) in [6.45, 7) is 1.67. The molecule has 28 heavy (non-hydrogen) atoms. The minimum absolute atomic E-state index is 0.155. The standard InChI is InChI=1S/C23H23N5/c24-15-18-10-8-17(9-11-18)12-14-25-22(19-5-2-1-3-6-19)21-16-27-20-7-4-13-26-23(20)28-21/h1-11,13,21-22,25,27H,12,14,16H2,(H,26,28)/t21-,22+/m0/s1. The molecule has 3 aromatic rings. The number of hydrogen-bond donors (Lipinski definition) is 3. The van der Waals surface area contributed by atoms with Crippen molar-refractivity contribution in [2.75, 3.05) is 23.7 Å². The van der Waals surface area contributed by atoms with Crippen molar-refractivity contribution in [1.82, 2.24) is 10.3 Å². The van der Waals surface area contributed by atoms with Gasteiger partial charge in [0.2, 0.25) is 0 Å². The molecular formula is C23H23N5. The van der Waals surface area contributed by atoms with Crippen LogP contribution in [0.15, 0.2) is 72.9 Å². The van der Waals surface area contributed by atoms with Crippen molar-refractivity contribution in [2.24, 2.45) is 0 Å². The van der Waals surface area contributed by atoms with E-state index >= 15 is 0 Å². The van der Waals surface area contributed by atoms with E-state index < -0.39 is 0 Å². The van der Waals surface area contributed by atoms with Gasteiger partial charge in [0.25, 0.3) is 0 Å². The highest BCUT2D eigenvalue weighted by Crippen LogP contribution is 2.28. The average molecular weight is 369 g/mol. The Morgan fingerprint density at radius 2 is 1.89 bits per heavy atom. The van der Waals surface area contributed by atoms with Gasteiger partial charge in [0.1, 0.15) is 5.82 Å². The van der Waals surface area contributed by atoms with E-state index in [0.29, 0.717) is 5.56 Å². The molecule has 1 aromatic heterocycles. The van der Waals surface area contributed by atoms with Crippen LogP contribution in [0.2, 0.25) is 0 Å². The number of rotatable bonds is 6. The lowest BCUT2D eigenvalue weighted by Crippen LogP contribution is -2.44. The van der Waals surface area contributed by atoms with Crippen LogP contribution in [0.25, 0.3) is 0 Å². The first kappa shape index (κ1) is 18.0. The monoisotopic (exact) mass is 369 g/mol. The molecule has 4 rings (SSSR count). The summed E-state index contributed by atoms with van der Waals surface area (Å²) in [5.41, 5.74) is 4.21. The summed E-state index contributed by atoms with van der Waals surface area (Å²) in [6.07, 6.45) is 2.72. The summed E-state index contributed by atoms with van der Waals surface area (Å²) < 4.78 is 0. The summed E-state index contributed by atoms with van der Waals surface area (Å²) in [5, 5.41) is 19.7. The SMILES string of the molecule is N#Cc1ccc(CCN[C@H](c2ccccc2)[C@@H]2CNc3cccnc3N2)cc1. The number of hydrogen-bond acceptors (Lipinski definition) is 5. The third kappa shape index (κ3) is 4.13. The number of fused-ring (bicyclic) bond motifs is 1. The summed E-state index contributed by atoms with van der Waals surface area (Å²) >= 11 is 0. The molecule has 0 unspecified atom stereocenters. The highest BCUT2D eigenvalue weighted by Gasteiger charge is 2.27. The van der Waals surface area contributed by atoms with Crippen molar-refractivity contribution in [2.45, 2.75) is 18.5 Å². The Bertz CT molecular complexity index is 947. The van der Waals surface area contributed by atoms with Crippen LogP contribution in [0, 0.1) is 11.3 Å². The summed E-state index contributed by atoms with van der Waals surface area (Å²) in [5.74, 6) is 0.897. The van der Waals surface area contributed by atoms with Crippen molar-refractivity contribution < 1.29 is 0 Å². The first-order chi connectivity index (χ1) is 13.8. The summed E-state index contributed by atoms with van der Waals surface area (Å²) in [7, 11) is 0. The van der Waals surface area contributed by atoms with Crippen LogP contribution >= 0.6 is 0 Å². The van der Waals surface area contributed by atoms with Gasteiger partial charge in [-0.25, -0.2) is 4.98 Å². The van der Waals surface area contributed by atoms with Crippen LogP contribution < -0.4 is 16.0 Å². The Morgan fingerprint density at radius 1 is 1.07 bits per heavy atom. The van der Waals surface area contributed by atoms with Gasteiger partial charge in [-0.15, -0.1) is 0 Å². The van der Waals surface area contributed by atoms with Crippen LogP contribution in [0.3, 0.4) is 0 Å². The molecule has 0 aliphatic carbocycles. The molecule has 140 valence electrons. The third-order valence-corrected chi connectivity index (χ3v) is 5.06. The number of nitrogens with zero attached hydrogens (tertiary/aromatic N) is 2. The largest absolute Gasteiger partial charge is 0.380 e. The van der Waals surface area contributed by atoms with Crippen molar-refractivity contribution in [3.63, 3.8) is 0 Å². The molecule has 2 heterocycles. The first-order valence-electron chi connectivity index (χ1n) is 9.56. The number of nitrogens with one attached hydrogen (secondary N) is 3. The van der Waals surface area contributed by atoms with Crippen LogP contribution in [-0.4, -0.2) is 24.1 Å². The summed E-state index contributed by atoms with van der Waals surface area (Å²) in [6, 6.07) is 24.8. The maximum Gasteiger partial charge on any atom is 0.149 e. The van der Waals surface area contributed by atoms with E-state index in [4.69, 9.17) is 5.26 Å². The van der Waals surface area contributed by atoms with Gasteiger partial charge in [0.15, 0.2) is 0 Å². The molecule has 0 radical (unpaired) electrons. The molecule has 1 aliphatic rings. The quantitative estimate of drug-likeness (QED) is 0.617. The van der Waals surface area contributed by atoms with Gasteiger partial charge in [-0.1, -0.05) is 42.5 Å². The number of benzene rings is 2. The van der Waals surface area contributed by atoms with Crippen molar-refractivity contribution >= 4 is 11.5 Å². The third-order valence-electron chi connectivity index (χ3n) is 5.06. The molecule has 5 nitrogen and oxygen atoms in total. The van der Waals surface area contributed by atoms with E-state index in [-0.39, 0.29) is 12.1 Å². The lowest BCUT2D eigenvalue weighted by atomic mass is 9.97. The lowest BCUT2D eigenvalue weighted by Gasteiger charge is -2.34. The van der Waals surface area contributed by atoms with E-state index in [1.165, 1.54) is 11.1 Å². The molecule has 2 aromatic carbocycles. The Kier molecular flexibility index (Phi) is 5.51. The predicted octanol–water partition coefficient (Wildman–Crippen LogP) is 3.73. The van der Waals surface area contributed by atoms with Crippen molar-refractivity contribution in [3.05, 3.63) is 89.6 Å². The molecule has 1 aliphatic heterocycles. The Balaban J connectivity index is 1.46. The Morgan fingerprint density at radius 3 is 2.68 bits per heavy atom. The molecule has 2 atom stereocenters. The molecule has 0 fully saturated rings. The van der Waals surface area contributed by atoms with E-state index in [2.05, 4.69) is 51.3 Å². The second-order valence-electron chi connectivity index (χ2n) is 6.93. The lowest BCUT2D eigenvalue weighted by molar-refractivity contribution is 0.472. The van der Waals surface area contributed by atoms with Crippen molar-refractivity contribution in [1.29, 1.82) is 5.26 Å². The number of nitriles is 1. The fourth-order valence-corrected chi connectivity index (χ4v) is 3.58. The average Bonchev–Trinajstić information content (AvgIpc) is 2.77. The summed E-state index contributed by atoms with van der Waals surface area (Å²) in [4.78, 5) is 4.46. The maximum absolute atomic E-state index is 8.94. The topological polar surface area (TPSA) is 72.8 Å². The molecular weight excluding hydrogens is 346 g/mol. The van der Waals surface area contributed by atoms with Gasteiger partial charge < -0.3 is 16.0 Å². The second kappa shape index (κ2) is 8.55. The molecule has 5 heteroatoms. The zero-order chi connectivity index (χ0) is 19.2. The van der Waals surface area contributed by atoms with Gasteiger partial charge in [-0.05, 0) is 48.4 Å². The van der Waals surface area contributed by atoms with Crippen LogP contribution in [0.4, 0.5) is 11.5 Å². The zero-order valence-electron chi connectivity index (χ0n) is 15.6. The molecule has 3 N–H and O–H groups in total. The zero-order valence-corrected chi connectivity index (χ0v) is 15.6. The maximum atomic E-state index is 8.94. The van der Waals surface area contributed by atoms with Crippen molar-refractivity contribution in [3.8, 4) is 6.07 Å². The normalized spacial score (nSPS) is 16.2. The number of anilines is 2. The first-order valence-corrected chi connectivity index (χ1v) is 9.56. The molecule has 0 bridgehead atoms. The van der Waals surface area contributed by atoms with E-state index in [1.807, 2.05) is 48.7 Å². The van der Waals surface area contributed by atoms with Crippen LogP contribution in [-0.2, 0) is 6.42 Å². The van der Waals surface area contributed by atoms with Gasteiger partial charge in [0.05, 0.1) is 29.4 Å². The molecule has 0 amide bonds. The van der Waals surface area contributed by atoms with Crippen LogP contribution in [0.5, 0.6) is 0 Å². The van der Waals surface area contributed by atoms with Gasteiger partial charge in [-0.3, -0.25) is 0 Å². The second-order valence-corrected chi connectivity index (χ2v) is 6.93. The number of aromatic nitrogens is 1. The fourth-order valence-electron chi connectivity index (χ4n) is 3.58. The molecule has 0 spiro atoms. The Hall–Kier alpha value is -3.36. The van der Waals surface area contributed by atoms with Gasteiger partial charge in [0, 0.05) is 12.7 Å². The minimum atomic E-state index is 0.155. The number of pyridine rings is 1. The fraction of sp³-hybridized carbons (Fsp3) is 0.217. The highest BCUT2D eigenvalue weighted by atomic mass is 15.2. The van der Waals surface area contributed by atoms with Crippen LogP contribution in [0.1, 0.15) is 22.7 Å². The van der Waals surface area contributed by atoms with Gasteiger partial charge in [-0.2, -0.15) is 5.26 Å². The Labute approximate surface area is 165 Å².